The van der Waals surface area contributed by atoms with Gasteiger partial charge in [0.05, 0.1) is 11.1 Å². The number of rotatable bonds is 7. The van der Waals surface area contributed by atoms with Crippen LogP contribution in [0.4, 0.5) is 5.69 Å². The van der Waals surface area contributed by atoms with Crippen molar-refractivity contribution in [2.75, 3.05) is 6.79 Å². The van der Waals surface area contributed by atoms with Crippen molar-refractivity contribution in [2.45, 2.75) is 19.9 Å². The van der Waals surface area contributed by atoms with Crippen molar-refractivity contribution >= 4 is 23.7 Å². The molecule has 1 aliphatic heterocycles. The molecule has 2 aromatic rings. The van der Waals surface area contributed by atoms with E-state index in [2.05, 4.69) is 15.8 Å². The van der Waals surface area contributed by atoms with Gasteiger partial charge in [0.25, 0.3) is 17.5 Å². The first kappa shape index (κ1) is 20.8. The Morgan fingerprint density at radius 2 is 1.93 bits per heavy atom. The van der Waals surface area contributed by atoms with Gasteiger partial charge in [0.2, 0.25) is 6.79 Å². The third-order valence-electron chi connectivity index (χ3n) is 4.34. The minimum atomic E-state index is -0.842. The number of nitro groups is 1. The molecule has 1 atom stereocenters. The Morgan fingerprint density at radius 3 is 2.67 bits per heavy atom. The van der Waals surface area contributed by atoms with Crippen LogP contribution in [0.5, 0.6) is 11.5 Å². The van der Waals surface area contributed by atoms with Crippen LogP contribution in [-0.4, -0.2) is 35.8 Å². The standard InChI is InChI=1S/C20H20N4O6/c1-12(2)18(22-19(25)14-6-7-16-17(9-14)30-11-29-16)20(26)23-21-10-13-4-3-5-15(8-13)24(27)28/h3-10,12,18H,11H2,1-2H3,(H,22,25)(H,23,26). The molecule has 30 heavy (non-hydrogen) atoms. The molecule has 3 rings (SSSR count). The summed E-state index contributed by atoms with van der Waals surface area (Å²) in [6.45, 7) is 3.67. The van der Waals surface area contributed by atoms with Gasteiger partial charge in [0.15, 0.2) is 11.5 Å². The predicted octanol–water partition coefficient (Wildman–Crippen LogP) is 2.23. The molecule has 10 nitrogen and oxygen atoms in total. The second-order valence-electron chi connectivity index (χ2n) is 6.85. The lowest BCUT2D eigenvalue weighted by Crippen LogP contribution is -2.48. The summed E-state index contributed by atoms with van der Waals surface area (Å²) in [7, 11) is 0. The average Bonchev–Trinajstić information content (AvgIpc) is 3.19. The topological polar surface area (TPSA) is 132 Å². The molecule has 0 bridgehead atoms. The van der Waals surface area contributed by atoms with E-state index in [0.29, 0.717) is 22.6 Å². The summed E-state index contributed by atoms with van der Waals surface area (Å²) in [5.74, 6) is -0.142. The van der Waals surface area contributed by atoms with E-state index in [0.717, 1.165) is 0 Å². The normalized spacial score (nSPS) is 13.3. The first-order valence-corrected chi connectivity index (χ1v) is 9.13. The molecule has 2 aromatic carbocycles. The summed E-state index contributed by atoms with van der Waals surface area (Å²) < 4.78 is 10.5. The molecule has 1 unspecified atom stereocenters. The fraction of sp³-hybridized carbons (Fsp3) is 0.250. The van der Waals surface area contributed by atoms with Crippen LogP contribution in [0.3, 0.4) is 0 Å². The van der Waals surface area contributed by atoms with Crippen molar-refractivity contribution in [3.8, 4) is 11.5 Å². The van der Waals surface area contributed by atoms with Crippen LogP contribution in [0.15, 0.2) is 47.6 Å². The quantitative estimate of drug-likeness (QED) is 0.407. The van der Waals surface area contributed by atoms with E-state index in [1.807, 2.05) is 0 Å². The molecule has 156 valence electrons. The number of carbonyl (C=O) groups is 2. The van der Waals surface area contributed by atoms with Crippen molar-refractivity contribution in [2.24, 2.45) is 11.0 Å². The van der Waals surface area contributed by atoms with E-state index >= 15 is 0 Å². The number of nitro benzene ring substituents is 1. The highest BCUT2D eigenvalue weighted by Crippen LogP contribution is 2.32. The number of fused-ring (bicyclic) bond motifs is 1. The number of nitrogens with one attached hydrogen (secondary N) is 2. The van der Waals surface area contributed by atoms with Gasteiger partial charge in [-0.1, -0.05) is 26.0 Å². The number of benzene rings is 2. The van der Waals surface area contributed by atoms with Crippen LogP contribution in [-0.2, 0) is 4.79 Å². The lowest BCUT2D eigenvalue weighted by molar-refractivity contribution is -0.384. The molecule has 1 heterocycles. The van der Waals surface area contributed by atoms with Gasteiger partial charge < -0.3 is 14.8 Å². The third-order valence-corrected chi connectivity index (χ3v) is 4.34. The number of hydrogen-bond acceptors (Lipinski definition) is 7. The smallest absolute Gasteiger partial charge is 0.270 e. The zero-order valence-corrected chi connectivity index (χ0v) is 16.3. The highest BCUT2D eigenvalue weighted by molar-refractivity contribution is 5.98. The van der Waals surface area contributed by atoms with Gasteiger partial charge in [-0.15, -0.1) is 0 Å². The lowest BCUT2D eigenvalue weighted by atomic mass is 10.0. The highest BCUT2D eigenvalue weighted by atomic mass is 16.7. The maximum Gasteiger partial charge on any atom is 0.270 e. The SMILES string of the molecule is CC(C)C(NC(=O)c1ccc2c(c1)OCO2)C(=O)NN=Cc1cccc([N+](=O)[O-])c1. The van der Waals surface area contributed by atoms with Gasteiger partial charge in [0, 0.05) is 23.3 Å². The summed E-state index contributed by atoms with van der Waals surface area (Å²) in [5, 5.41) is 17.3. The summed E-state index contributed by atoms with van der Waals surface area (Å²) in [5.41, 5.74) is 3.06. The van der Waals surface area contributed by atoms with Gasteiger partial charge in [-0.3, -0.25) is 19.7 Å². The number of amides is 2. The van der Waals surface area contributed by atoms with E-state index in [1.165, 1.54) is 24.4 Å². The van der Waals surface area contributed by atoms with Crippen LogP contribution in [0.2, 0.25) is 0 Å². The zero-order valence-electron chi connectivity index (χ0n) is 16.3. The van der Waals surface area contributed by atoms with Crippen molar-refractivity contribution in [3.63, 3.8) is 0 Å². The summed E-state index contributed by atoms with van der Waals surface area (Å²) >= 11 is 0. The van der Waals surface area contributed by atoms with E-state index in [4.69, 9.17) is 9.47 Å². The van der Waals surface area contributed by atoms with Crippen molar-refractivity contribution < 1.29 is 24.0 Å². The Hall–Kier alpha value is -3.95. The molecule has 0 saturated carbocycles. The van der Waals surface area contributed by atoms with Crippen molar-refractivity contribution in [1.29, 1.82) is 0 Å². The molecule has 10 heteroatoms. The van der Waals surface area contributed by atoms with Gasteiger partial charge in [-0.05, 0) is 24.1 Å². The fourth-order valence-corrected chi connectivity index (χ4v) is 2.76. The molecule has 0 fully saturated rings. The molecule has 1 aliphatic rings. The van der Waals surface area contributed by atoms with Crippen molar-refractivity contribution in [1.82, 2.24) is 10.7 Å². The Labute approximate surface area is 172 Å². The van der Waals surface area contributed by atoms with Gasteiger partial charge in [-0.25, -0.2) is 5.43 Å². The Bertz CT molecular complexity index is 1000. The van der Waals surface area contributed by atoms with Crippen LogP contribution in [0, 0.1) is 16.0 Å². The third kappa shape index (κ3) is 4.90. The summed E-state index contributed by atoms with van der Waals surface area (Å²) in [6, 6.07) is 9.74. The minimum Gasteiger partial charge on any atom is -0.454 e. The largest absolute Gasteiger partial charge is 0.454 e. The van der Waals surface area contributed by atoms with Crippen molar-refractivity contribution in [3.05, 3.63) is 63.7 Å². The van der Waals surface area contributed by atoms with Crippen LogP contribution < -0.4 is 20.2 Å². The Morgan fingerprint density at radius 1 is 1.17 bits per heavy atom. The second-order valence-corrected chi connectivity index (χ2v) is 6.85. The summed E-state index contributed by atoms with van der Waals surface area (Å²) in [6.07, 6.45) is 1.29. The van der Waals surface area contributed by atoms with Crippen LogP contribution in [0.25, 0.3) is 0 Å². The van der Waals surface area contributed by atoms with Gasteiger partial charge in [-0.2, -0.15) is 5.10 Å². The molecule has 0 aromatic heterocycles. The molecule has 0 spiro atoms. The van der Waals surface area contributed by atoms with Crippen LogP contribution in [0.1, 0.15) is 29.8 Å². The minimum absolute atomic E-state index is 0.0821. The number of hydrogen-bond donors (Lipinski definition) is 2. The maximum atomic E-state index is 12.6. The van der Waals surface area contributed by atoms with Gasteiger partial charge in [0.1, 0.15) is 6.04 Å². The molecule has 0 radical (unpaired) electrons. The van der Waals surface area contributed by atoms with E-state index in [9.17, 15) is 19.7 Å². The van der Waals surface area contributed by atoms with E-state index in [1.54, 1.807) is 38.1 Å². The van der Waals surface area contributed by atoms with E-state index in [-0.39, 0.29) is 18.4 Å². The number of ether oxygens (including phenoxy) is 2. The lowest BCUT2D eigenvalue weighted by Gasteiger charge is -2.20. The van der Waals surface area contributed by atoms with Gasteiger partial charge >= 0.3 is 0 Å². The average molecular weight is 412 g/mol. The fourth-order valence-electron chi connectivity index (χ4n) is 2.76. The number of hydrazone groups is 1. The molecule has 0 saturated heterocycles. The Balaban J connectivity index is 1.64. The maximum absolute atomic E-state index is 12.6. The summed E-state index contributed by atoms with van der Waals surface area (Å²) in [4.78, 5) is 35.4. The first-order chi connectivity index (χ1) is 14.3. The first-order valence-electron chi connectivity index (χ1n) is 9.13. The van der Waals surface area contributed by atoms with E-state index < -0.39 is 22.8 Å². The monoisotopic (exact) mass is 412 g/mol. The number of non-ortho nitro benzene ring substituents is 1. The molecule has 0 aliphatic carbocycles. The Kier molecular flexibility index (Phi) is 6.26. The number of carbonyl (C=O) groups excluding carboxylic acids is 2. The molecule has 2 N–H and O–H groups in total. The number of nitrogens with zero attached hydrogens (tertiary/aromatic N) is 2. The zero-order chi connectivity index (χ0) is 21.7. The second kappa shape index (κ2) is 9.03. The highest BCUT2D eigenvalue weighted by Gasteiger charge is 2.25. The van der Waals surface area contributed by atoms with Crippen LogP contribution >= 0.6 is 0 Å². The molecular weight excluding hydrogens is 392 g/mol. The molecule has 2 amide bonds. The predicted molar refractivity (Wildman–Crippen MR) is 107 cm³/mol. The molecular formula is C20H20N4O6.